The van der Waals surface area contributed by atoms with E-state index < -0.39 is 0 Å². The molecule has 1 aliphatic heterocycles. The zero-order chi connectivity index (χ0) is 15.6. The first-order valence-corrected chi connectivity index (χ1v) is 7.42. The quantitative estimate of drug-likeness (QED) is 0.656. The van der Waals surface area contributed by atoms with Gasteiger partial charge in [0.15, 0.2) is 5.11 Å². The third kappa shape index (κ3) is 3.19. The van der Waals surface area contributed by atoms with Gasteiger partial charge >= 0.3 is 0 Å². The molecule has 0 spiro atoms. The zero-order valence-electron chi connectivity index (χ0n) is 12.3. The predicted molar refractivity (Wildman–Crippen MR) is 86.7 cm³/mol. The summed E-state index contributed by atoms with van der Waals surface area (Å²) >= 11 is 11.3. The van der Waals surface area contributed by atoms with Gasteiger partial charge in [-0.15, -0.1) is 0 Å². The summed E-state index contributed by atoms with van der Waals surface area (Å²) in [5.41, 5.74) is 1.55. The van der Waals surface area contributed by atoms with Crippen LogP contribution in [0.15, 0.2) is 6.08 Å². The molecule has 8 heteroatoms. The number of hydrogen-bond acceptors (Lipinski definition) is 3. The van der Waals surface area contributed by atoms with Crippen LogP contribution in [0.1, 0.15) is 17.7 Å². The topological polar surface area (TPSA) is 53.4 Å². The van der Waals surface area contributed by atoms with Crippen LogP contribution in [0.25, 0.3) is 6.08 Å². The molecule has 2 heterocycles. The van der Waals surface area contributed by atoms with Crippen LogP contribution < -0.4 is 5.32 Å². The number of rotatable bonds is 2. The molecule has 1 amide bonds. The zero-order valence-corrected chi connectivity index (χ0v) is 13.8. The second-order valence-corrected chi connectivity index (χ2v) is 5.48. The maximum atomic E-state index is 12.3. The Labute approximate surface area is 134 Å². The molecule has 1 N–H and O–H groups in total. The van der Waals surface area contributed by atoms with Crippen LogP contribution >= 0.6 is 23.8 Å². The Hall–Kier alpha value is -1.60. The van der Waals surface area contributed by atoms with E-state index in [1.807, 2.05) is 6.92 Å². The van der Waals surface area contributed by atoms with E-state index in [9.17, 15) is 4.79 Å². The van der Waals surface area contributed by atoms with Crippen molar-refractivity contribution in [3.63, 3.8) is 0 Å². The normalized spacial score (nSPS) is 15.0. The van der Waals surface area contributed by atoms with Crippen LogP contribution in [0, 0.1) is 6.92 Å². The van der Waals surface area contributed by atoms with E-state index >= 15 is 0 Å². The minimum atomic E-state index is -0.121. The van der Waals surface area contributed by atoms with E-state index in [-0.39, 0.29) is 5.91 Å². The summed E-state index contributed by atoms with van der Waals surface area (Å²) in [6, 6.07) is 0. The van der Waals surface area contributed by atoms with Gasteiger partial charge < -0.3 is 5.32 Å². The molecule has 6 nitrogen and oxygen atoms in total. The Morgan fingerprint density at radius 3 is 2.67 bits per heavy atom. The predicted octanol–water partition coefficient (Wildman–Crippen LogP) is 1.35. The van der Waals surface area contributed by atoms with Gasteiger partial charge in [-0.2, -0.15) is 5.10 Å². The van der Waals surface area contributed by atoms with E-state index in [1.54, 1.807) is 34.9 Å². The summed E-state index contributed by atoms with van der Waals surface area (Å²) in [7, 11) is 3.51. The average Bonchev–Trinajstić information content (AvgIpc) is 3.03. The maximum Gasteiger partial charge on any atom is 0.265 e. The van der Waals surface area contributed by atoms with E-state index in [0.29, 0.717) is 16.8 Å². The lowest BCUT2D eigenvalue weighted by atomic mass is 10.2. The van der Waals surface area contributed by atoms with Gasteiger partial charge in [-0.05, 0) is 31.6 Å². The van der Waals surface area contributed by atoms with Crippen molar-refractivity contribution < 1.29 is 4.79 Å². The second-order valence-electron chi connectivity index (χ2n) is 4.74. The number of nitrogens with one attached hydrogen (secondary N) is 1. The van der Waals surface area contributed by atoms with Crippen molar-refractivity contribution in [2.75, 3.05) is 20.1 Å². The van der Waals surface area contributed by atoms with E-state index in [4.69, 9.17) is 23.8 Å². The lowest BCUT2D eigenvalue weighted by molar-refractivity contribution is -0.133. The highest BCUT2D eigenvalue weighted by molar-refractivity contribution is 7.80. The van der Waals surface area contributed by atoms with Crippen LogP contribution in [0.5, 0.6) is 0 Å². The van der Waals surface area contributed by atoms with Crippen molar-refractivity contribution >= 4 is 40.9 Å². The summed E-state index contributed by atoms with van der Waals surface area (Å²) < 4.78 is 1.58. The molecule has 0 radical (unpaired) electrons. The lowest BCUT2D eigenvalue weighted by Gasteiger charge is -2.28. The molecule has 1 fully saturated rings. The van der Waals surface area contributed by atoms with Crippen LogP contribution in [-0.2, 0) is 11.8 Å². The van der Waals surface area contributed by atoms with Crippen molar-refractivity contribution in [3.05, 3.63) is 22.5 Å². The SMILES string of the molecule is CNC(=S)N1CCCN1C(=O)C=Cc1c(C)nn(C)c1Cl. The number of carbonyl (C=O) groups is 1. The van der Waals surface area contributed by atoms with Crippen LogP contribution in [-0.4, -0.2) is 51.0 Å². The molecule has 1 aliphatic rings. The maximum absolute atomic E-state index is 12.3. The van der Waals surface area contributed by atoms with Gasteiger partial charge in [-0.3, -0.25) is 14.5 Å². The number of amides is 1. The molecule has 0 aliphatic carbocycles. The summed E-state index contributed by atoms with van der Waals surface area (Å²) in [5.74, 6) is -0.121. The van der Waals surface area contributed by atoms with Crippen molar-refractivity contribution in [1.29, 1.82) is 0 Å². The van der Waals surface area contributed by atoms with Gasteiger partial charge in [0, 0.05) is 38.8 Å². The smallest absolute Gasteiger partial charge is 0.265 e. The molecule has 0 aromatic carbocycles. The summed E-state index contributed by atoms with van der Waals surface area (Å²) in [6.45, 7) is 3.25. The Morgan fingerprint density at radius 1 is 1.43 bits per heavy atom. The number of aryl methyl sites for hydroxylation is 2. The summed E-state index contributed by atoms with van der Waals surface area (Å²) in [5, 5.41) is 11.6. The molecule has 114 valence electrons. The van der Waals surface area contributed by atoms with E-state index in [0.717, 1.165) is 24.2 Å². The molecule has 0 unspecified atom stereocenters. The van der Waals surface area contributed by atoms with Crippen LogP contribution in [0.3, 0.4) is 0 Å². The minimum absolute atomic E-state index is 0.121. The largest absolute Gasteiger partial charge is 0.364 e. The standard InChI is InChI=1S/C13H18ClN5OS/c1-9-10(12(14)17(3)16-9)5-6-11(20)18-7-4-8-19(18)13(21)15-2/h5-6H,4,7-8H2,1-3H3,(H,15,21). The number of hydrazine groups is 1. The number of aromatic nitrogens is 2. The Bertz CT molecular complexity index is 598. The fourth-order valence-corrected chi connectivity index (χ4v) is 2.68. The van der Waals surface area contributed by atoms with Gasteiger partial charge in [-0.1, -0.05) is 11.6 Å². The Kier molecular flexibility index (Phi) is 4.84. The monoisotopic (exact) mass is 327 g/mol. The third-order valence-electron chi connectivity index (χ3n) is 3.32. The minimum Gasteiger partial charge on any atom is -0.364 e. The van der Waals surface area contributed by atoms with Crippen LogP contribution in [0.4, 0.5) is 0 Å². The highest BCUT2D eigenvalue weighted by atomic mass is 35.5. The fourth-order valence-electron chi connectivity index (χ4n) is 2.26. The van der Waals surface area contributed by atoms with E-state index in [1.165, 1.54) is 6.08 Å². The molecule has 1 aromatic rings. The number of carbonyl (C=O) groups excluding carboxylic acids is 1. The van der Waals surface area contributed by atoms with Gasteiger partial charge in [0.05, 0.1) is 5.69 Å². The molecular formula is C13H18ClN5OS. The average molecular weight is 328 g/mol. The molecule has 0 saturated carbocycles. The number of hydrogen-bond donors (Lipinski definition) is 1. The van der Waals surface area contributed by atoms with Gasteiger partial charge in [0.1, 0.15) is 5.15 Å². The van der Waals surface area contributed by atoms with Crippen LogP contribution in [0.2, 0.25) is 5.15 Å². The van der Waals surface area contributed by atoms with Gasteiger partial charge in [0.25, 0.3) is 5.91 Å². The first-order valence-electron chi connectivity index (χ1n) is 6.63. The number of thiocarbonyl (C=S) groups is 1. The molecule has 0 bridgehead atoms. The molecule has 21 heavy (non-hydrogen) atoms. The Morgan fingerprint density at radius 2 is 2.10 bits per heavy atom. The Balaban J connectivity index is 2.14. The van der Waals surface area contributed by atoms with Crippen molar-refractivity contribution in [2.24, 2.45) is 7.05 Å². The first-order chi connectivity index (χ1) is 9.95. The third-order valence-corrected chi connectivity index (χ3v) is 4.19. The molecule has 2 rings (SSSR count). The highest BCUT2D eigenvalue weighted by Gasteiger charge is 2.26. The molecule has 0 atom stereocenters. The number of nitrogens with zero attached hydrogens (tertiary/aromatic N) is 4. The van der Waals surface area contributed by atoms with E-state index in [2.05, 4.69) is 10.4 Å². The van der Waals surface area contributed by atoms with Crippen molar-refractivity contribution in [1.82, 2.24) is 25.1 Å². The number of halogens is 1. The molecule has 1 saturated heterocycles. The summed E-state index contributed by atoms with van der Waals surface area (Å²) in [4.78, 5) is 12.3. The van der Waals surface area contributed by atoms with Gasteiger partial charge in [-0.25, -0.2) is 5.01 Å². The fraction of sp³-hybridized carbons (Fsp3) is 0.462. The summed E-state index contributed by atoms with van der Waals surface area (Å²) in [6.07, 6.45) is 4.10. The molecular weight excluding hydrogens is 310 g/mol. The van der Waals surface area contributed by atoms with Gasteiger partial charge in [0.2, 0.25) is 0 Å². The first kappa shape index (κ1) is 15.8. The van der Waals surface area contributed by atoms with Crippen molar-refractivity contribution in [2.45, 2.75) is 13.3 Å². The lowest BCUT2D eigenvalue weighted by Crippen LogP contribution is -2.47. The molecule has 1 aromatic heterocycles. The second kappa shape index (κ2) is 6.44. The van der Waals surface area contributed by atoms with Crippen molar-refractivity contribution in [3.8, 4) is 0 Å². The highest BCUT2D eigenvalue weighted by Crippen LogP contribution is 2.20.